The zero-order chi connectivity index (χ0) is 69.1. The highest BCUT2D eigenvalue weighted by Crippen LogP contribution is 2.51. The summed E-state index contributed by atoms with van der Waals surface area (Å²) in [7, 11) is -9.40. The number of rotatable bonds is 14. The first-order chi connectivity index (χ1) is 42.0. The van der Waals surface area contributed by atoms with Gasteiger partial charge in [0, 0.05) is 59.4 Å². The summed E-state index contributed by atoms with van der Waals surface area (Å²) in [6.07, 6.45) is -1.24. The Bertz CT molecular complexity index is 3720. The molecule has 2 aliphatic heterocycles. The quantitative estimate of drug-likeness (QED) is 0.0356. The molecule has 2 amide bonds. The van der Waals surface area contributed by atoms with E-state index in [4.69, 9.17) is 27.2 Å². The second-order valence-corrected chi connectivity index (χ2v) is 49.0. The van der Waals surface area contributed by atoms with E-state index >= 15 is 0 Å². The van der Waals surface area contributed by atoms with Gasteiger partial charge in [-0.15, -0.1) is 0 Å². The average molecular weight is 1340 g/mol. The Balaban J connectivity index is 0.000000313. The number of phenols is 10. The summed E-state index contributed by atoms with van der Waals surface area (Å²) in [5, 5.41) is 105. The van der Waals surface area contributed by atoms with E-state index in [0.29, 0.717) is 46.3 Å². The van der Waals surface area contributed by atoms with Crippen molar-refractivity contribution in [3.63, 3.8) is 0 Å². The van der Waals surface area contributed by atoms with Crippen LogP contribution in [0.3, 0.4) is 0 Å². The number of carbonyl (C=O) groups excluding carboxylic acids is 2. The molecule has 0 bridgehead atoms. The Morgan fingerprint density at radius 1 is 0.402 bits per heavy atom. The fraction of sp³-hybridized carbons (Fsp3) is 0.441. The van der Waals surface area contributed by atoms with Crippen LogP contribution in [-0.2, 0) is 12.8 Å². The van der Waals surface area contributed by atoms with E-state index in [1.807, 2.05) is 30.3 Å². The molecule has 0 aromatic heterocycles. The van der Waals surface area contributed by atoms with E-state index in [1.165, 1.54) is 24.3 Å². The number of carbonyl (C=O) groups is 2. The van der Waals surface area contributed by atoms with Gasteiger partial charge in [-0.05, 0) is 132 Å². The predicted octanol–water partition coefficient (Wildman–Crippen LogP) is 14.9. The molecule has 500 valence electrons. The van der Waals surface area contributed by atoms with Crippen molar-refractivity contribution in [2.45, 2.75) is 193 Å². The molecule has 4 atom stereocenters. The number of aromatic hydroxyl groups is 10. The van der Waals surface area contributed by atoms with Crippen LogP contribution in [0.25, 0.3) is 0 Å². The molecule has 0 unspecified atom stereocenters. The van der Waals surface area contributed by atoms with Crippen molar-refractivity contribution in [3.8, 4) is 92.0 Å². The molecule has 6 aromatic rings. The third-order valence-corrected chi connectivity index (χ3v) is 36.4. The Labute approximate surface area is 543 Å². The minimum absolute atomic E-state index is 0.0247. The molecule has 0 radical (unpaired) electrons. The van der Waals surface area contributed by atoms with Crippen molar-refractivity contribution in [3.05, 3.63) is 118 Å². The van der Waals surface area contributed by atoms with Gasteiger partial charge in [-0.25, -0.2) is 0 Å². The topological polar surface area (TPSA) is 316 Å². The van der Waals surface area contributed by atoms with Crippen LogP contribution < -0.4 is 37.8 Å². The summed E-state index contributed by atoms with van der Waals surface area (Å²) in [6.45, 7) is 44.1. The Morgan fingerprint density at radius 2 is 0.783 bits per heavy atom. The molecule has 92 heavy (non-hydrogen) atoms. The summed E-state index contributed by atoms with van der Waals surface area (Å²) >= 11 is 0. The van der Waals surface area contributed by atoms with E-state index in [-0.39, 0.29) is 60.7 Å². The minimum atomic E-state index is -2.40. The van der Waals surface area contributed by atoms with Crippen LogP contribution in [0.15, 0.2) is 84.9 Å². The predicted molar refractivity (Wildman–Crippen MR) is 363 cm³/mol. The fourth-order valence-corrected chi connectivity index (χ4v) is 13.3. The third-order valence-electron chi connectivity index (χ3n) is 19.0. The first kappa shape index (κ1) is 71.4. The monoisotopic (exact) mass is 1340 g/mol. The molecule has 24 heteroatoms. The first-order valence-electron chi connectivity index (χ1n) is 30.6. The smallest absolute Gasteiger partial charge is 0.251 e. The molecule has 20 nitrogen and oxygen atoms in total. The zero-order valence-corrected chi connectivity index (χ0v) is 60.5. The van der Waals surface area contributed by atoms with Gasteiger partial charge in [-0.1, -0.05) is 95.2 Å². The molecule has 0 aliphatic carbocycles. The second-order valence-electron chi connectivity index (χ2n) is 30.1. The van der Waals surface area contributed by atoms with E-state index in [1.54, 1.807) is 0 Å². The van der Waals surface area contributed by atoms with E-state index in [0.717, 1.165) is 41.5 Å². The van der Waals surface area contributed by atoms with Gasteiger partial charge < -0.3 is 88.9 Å². The van der Waals surface area contributed by atoms with Crippen LogP contribution in [-0.4, -0.2) is 108 Å². The minimum Gasteiger partial charge on any atom is -0.543 e. The lowest BCUT2D eigenvalue weighted by Gasteiger charge is -2.41. The van der Waals surface area contributed by atoms with Crippen LogP contribution >= 0.6 is 0 Å². The molecule has 6 aromatic carbocycles. The van der Waals surface area contributed by atoms with Crippen molar-refractivity contribution in [2.24, 2.45) is 0 Å². The van der Waals surface area contributed by atoms with Crippen molar-refractivity contribution < 1.29 is 87.8 Å². The standard InChI is InChI=1S/C46H75NO9Si4.C22H19NO9/c1-43(2,3)57(13,14)53-31-26-37-32(38(27-31)55-59(17,18)45(7,8)9)28-33(47-42(51)30-23-34(48)40(50)35(49)24-30)41(52-37)29-21-22-36(54-58(15,16)44(4,5)6)39(25-29)56-60(19,20)46(10,11)12;24-11-6-15(26)12-8-13(23-22(31)10-4-17(28)20(30)18(29)5-10)21(32-19(12)7-11)9-1-2-14(25)16(27)3-9/h21-27,33,41,48-50H,28H2,1-20H3,(H,47,51);1-7,13,21,24-30H,8H2,(H,23,31)/t33-,41-;13-,21-/m11/s1. The maximum absolute atomic E-state index is 14.1. The molecular formula is C68H94N2O18Si4. The third kappa shape index (κ3) is 15.5. The van der Waals surface area contributed by atoms with Crippen molar-refractivity contribution in [2.75, 3.05) is 0 Å². The molecule has 2 heterocycles. The number of hydrogen-bond donors (Lipinski definition) is 12. The molecule has 0 fully saturated rings. The highest BCUT2D eigenvalue weighted by Gasteiger charge is 2.46. The van der Waals surface area contributed by atoms with Gasteiger partial charge in [0.1, 0.15) is 58.2 Å². The molecule has 0 saturated carbocycles. The summed E-state index contributed by atoms with van der Waals surface area (Å²) in [5.74, 6) is -3.16. The second kappa shape index (κ2) is 25.4. The normalized spacial score (nSPS) is 17.1. The SMILES string of the molecule is CC(C)(C)[Si](C)(C)Oc1cc2c(c(O[Si](C)(C)C(C)(C)C)c1)C[C@@H](NC(=O)c1cc(O)c(O)c(O)c1)[C@@H](c1ccc(O[Si](C)(C)C(C)(C)C)c(O[Si](C)(C)C(C)(C)C)c1)O2.O=C(N[C@@H]1Cc2c(O)cc(O)cc2O[C@@H]1c1ccc(O)c(O)c1)c1cc(O)c(O)c(O)c1. The average Bonchev–Trinajstić information content (AvgIpc) is 0.766. The van der Waals surface area contributed by atoms with Crippen molar-refractivity contribution in [1.82, 2.24) is 10.6 Å². The van der Waals surface area contributed by atoms with Crippen molar-refractivity contribution in [1.29, 1.82) is 0 Å². The highest BCUT2D eigenvalue weighted by molar-refractivity contribution is 6.76. The van der Waals surface area contributed by atoms with Gasteiger partial charge in [-0.3, -0.25) is 9.59 Å². The lowest BCUT2D eigenvalue weighted by atomic mass is 9.91. The summed E-state index contributed by atoms with van der Waals surface area (Å²) in [6, 6.07) is 19.0. The number of fused-ring (bicyclic) bond motifs is 2. The summed E-state index contributed by atoms with van der Waals surface area (Å²) in [5.41, 5.74) is 2.10. The van der Waals surface area contributed by atoms with E-state index in [9.17, 15) is 60.7 Å². The van der Waals surface area contributed by atoms with E-state index in [2.05, 4.69) is 146 Å². The number of amides is 2. The Morgan fingerprint density at radius 3 is 1.22 bits per heavy atom. The van der Waals surface area contributed by atoms with Gasteiger partial charge >= 0.3 is 0 Å². The number of benzene rings is 6. The van der Waals surface area contributed by atoms with Gasteiger partial charge in [0.2, 0.25) is 16.6 Å². The fourth-order valence-electron chi connectivity index (χ4n) is 9.21. The van der Waals surface area contributed by atoms with Gasteiger partial charge in [0.15, 0.2) is 46.0 Å². The molecule has 2 aliphatic rings. The van der Waals surface area contributed by atoms with Crippen molar-refractivity contribution >= 4 is 45.1 Å². The van der Waals surface area contributed by atoms with Crippen LogP contribution in [0.4, 0.5) is 0 Å². The van der Waals surface area contributed by atoms with Crippen LogP contribution in [0.2, 0.25) is 72.5 Å². The number of hydrogen-bond acceptors (Lipinski definition) is 18. The number of ether oxygens (including phenoxy) is 2. The summed E-state index contributed by atoms with van der Waals surface area (Å²) < 4.78 is 41.1. The van der Waals surface area contributed by atoms with Gasteiger partial charge in [0.05, 0.1) is 12.1 Å². The Kier molecular flexibility index (Phi) is 19.7. The molecule has 0 spiro atoms. The highest BCUT2D eigenvalue weighted by atomic mass is 28.4. The van der Waals surface area contributed by atoms with Crippen LogP contribution in [0.1, 0.15) is 138 Å². The maximum atomic E-state index is 14.1. The lowest BCUT2D eigenvalue weighted by Crippen LogP contribution is -2.47. The van der Waals surface area contributed by atoms with Crippen LogP contribution in [0, 0.1) is 0 Å². The molecule has 0 saturated heterocycles. The van der Waals surface area contributed by atoms with E-state index < -0.39 is 110 Å². The largest absolute Gasteiger partial charge is 0.543 e. The zero-order valence-electron chi connectivity index (χ0n) is 56.5. The maximum Gasteiger partial charge on any atom is 0.251 e. The lowest BCUT2D eigenvalue weighted by molar-refractivity contribution is 0.0831. The molecule has 12 N–H and O–H groups in total. The van der Waals surface area contributed by atoms with Gasteiger partial charge in [0.25, 0.3) is 28.4 Å². The first-order valence-corrected chi connectivity index (χ1v) is 42.2. The van der Waals surface area contributed by atoms with Crippen LogP contribution in [0.5, 0.6) is 92.0 Å². The molecular weight excluding hydrogens is 1250 g/mol. The van der Waals surface area contributed by atoms with Gasteiger partial charge in [-0.2, -0.15) is 0 Å². The molecule has 8 rings (SSSR count). The number of phenolic OH excluding ortho intramolecular Hbond substituents is 10. The number of nitrogens with one attached hydrogen (secondary N) is 2. The Hall–Kier alpha value is -8.07. The summed E-state index contributed by atoms with van der Waals surface area (Å²) in [4.78, 5) is 26.9.